The summed E-state index contributed by atoms with van der Waals surface area (Å²) in [6, 6.07) is 0. The van der Waals surface area contributed by atoms with Gasteiger partial charge in [0.25, 0.3) is 0 Å². The number of hydrogen-bond donors (Lipinski definition) is 0. The Bertz CT molecular complexity index is 175. The van der Waals surface area contributed by atoms with Gasteiger partial charge in [-0.3, -0.25) is 0 Å². The molecule has 0 aliphatic carbocycles. The summed E-state index contributed by atoms with van der Waals surface area (Å²) < 4.78 is 5.85. The normalized spacial score (nSPS) is 21.0. The Morgan fingerprint density at radius 2 is 1.87 bits per heavy atom. The first kappa shape index (κ1) is 13.8. The molecule has 3 nitrogen and oxygen atoms in total. The zero-order valence-corrected chi connectivity index (χ0v) is 14.2. The molecule has 0 radical (unpaired) electrons. The van der Waals surface area contributed by atoms with Crippen LogP contribution in [0.1, 0.15) is 6.42 Å². The summed E-state index contributed by atoms with van der Waals surface area (Å²) in [7, 11) is 9.00. The van der Waals surface area contributed by atoms with Crippen molar-refractivity contribution < 1.29 is 0 Å². The third kappa shape index (κ3) is 5.57. The summed E-state index contributed by atoms with van der Waals surface area (Å²) in [5, 5.41) is 0. The van der Waals surface area contributed by atoms with Crippen molar-refractivity contribution in [3.8, 4) is 0 Å². The molecule has 0 N–H and O–H groups in total. The first-order valence-corrected chi connectivity index (χ1v) is 12.3. The molecule has 1 aliphatic rings. The van der Waals surface area contributed by atoms with Crippen molar-refractivity contribution in [2.45, 2.75) is 14.8 Å². The fourth-order valence-electron chi connectivity index (χ4n) is 2.22. The molecule has 1 fully saturated rings. The summed E-state index contributed by atoms with van der Waals surface area (Å²) in [6.07, 6.45) is 1.42. The van der Waals surface area contributed by atoms with Crippen LogP contribution >= 0.6 is 0 Å². The van der Waals surface area contributed by atoms with E-state index in [1.807, 2.05) is 0 Å². The van der Waals surface area contributed by atoms with E-state index in [2.05, 4.69) is 40.9 Å². The quantitative estimate of drug-likeness (QED) is 0.760. The van der Waals surface area contributed by atoms with Crippen molar-refractivity contribution in [2.24, 2.45) is 0 Å². The van der Waals surface area contributed by atoms with Crippen LogP contribution in [-0.4, -0.2) is 88.8 Å². The molecule has 1 heterocycles. The first-order chi connectivity index (χ1) is 7.09. The number of likely N-dealkylation sites (N-methyl/N-ethyl adjacent to an activating group) is 2. The molecule has 0 atom stereocenters. The van der Waals surface area contributed by atoms with Crippen molar-refractivity contribution >= 4 is 21.7 Å². The molecule has 1 aliphatic heterocycles. The van der Waals surface area contributed by atoms with Gasteiger partial charge in [-0.25, -0.2) is 0 Å². The van der Waals surface area contributed by atoms with Gasteiger partial charge in [0.2, 0.25) is 0 Å². The van der Waals surface area contributed by atoms with Gasteiger partial charge in [0, 0.05) is 0 Å². The van der Waals surface area contributed by atoms with Crippen LogP contribution in [0.2, 0.25) is 8.35 Å². The van der Waals surface area contributed by atoms with Gasteiger partial charge in [-0.05, 0) is 0 Å². The van der Waals surface area contributed by atoms with Crippen molar-refractivity contribution in [1.82, 2.24) is 12.7 Å². The third-order valence-corrected chi connectivity index (χ3v) is 13.4. The van der Waals surface area contributed by atoms with Crippen molar-refractivity contribution in [2.75, 3.05) is 54.4 Å². The minimum atomic E-state index is -1.31. The van der Waals surface area contributed by atoms with Crippen LogP contribution in [0.4, 0.5) is 0 Å². The SMILES string of the molecule is CN(C)CC[CH2][In]1[CH2]CN(C)CC[N]1C. The van der Waals surface area contributed by atoms with Crippen LogP contribution in [0.15, 0.2) is 0 Å². The Balaban J connectivity index is 2.26. The molecule has 0 amide bonds. The van der Waals surface area contributed by atoms with Crippen molar-refractivity contribution in [3.05, 3.63) is 0 Å². The molecule has 0 unspecified atom stereocenters. The van der Waals surface area contributed by atoms with Crippen LogP contribution in [-0.2, 0) is 0 Å². The molecule has 0 bridgehead atoms. The van der Waals surface area contributed by atoms with E-state index in [0.29, 0.717) is 0 Å². The number of hydrogen-bond acceptors (Lipinski definition) is 3. The molecule has 0 aromatic rings. The topological polar surface area (TPSA) is 9.72 Å². The Morgan fingerprint density at radius 1 is 1.13 bits per heavy atom. The Hall–Kier alpha value is 0.750. The maximum absolute atomic E-state index is 2.75. The second-order valence-corrected chi connectivity index (χ2v) is 14.7. The van der Waals surface area contributed by atoms with Gasteiger partial charge < -0.3 is 0 Å². The average Bonchev–Trinajstić information content (AvgIpc) is 2.32. The van der Waals surface area contributed by atoms with Crippen LogP contribution in [0, 0.1) is 0 Å². The van der Waals surface area contributed by atoms with E-state index in [-0.39, 0.29) is 0 Å². The minimum absolute atomic E-state index is 1.27. The molecular weight excluding hydrogens is 289 g/mol. The van der Waals surface area contributed by atoms with Gasteiger partial charge >= 0.3 is 104 Å². The third-order valence-electron chi connectivity index (χ3n) is 3.44. The molecule has 0 spiro atoms. The van der Waals surface area contributed by atoms with Gasteiger partial charge in [-0.15, -0.1) is 0 Å². The summed E-state index contributed by atoms with van der Waals surface area (Å²) in [4.78, 5) is 4.81. The van der Waals surface area contributed by atoms with Gasteiger partial charge in [-0.1, -0.05) is 0 Å². The van der Waals surface area contributed by atoms with E-state index in [9.17, 15) is 0 Å². The molecule has 15 heavy (non-hydrogen) atoms. The van der Waals surface area contributed by atoms with Crippen molar-refractivity contribution in [1.29, 1.82) is 0 Å². The van der Waals surface area contributed by atoms with Gasteiger partial charge in [0.05, 0.1) is 0 Å². The molecule has 1 saturated heterocycles. The summed E-state index contributed by atoms with van der Waals surface area (Å²) in [6.45, 7) is 5.22. The van der Waals surface area contributed by atoms with E-state index in [0.717, 1.165) is 0 Å². The first-order valence-electron chi connectivity index (χ1n) is 6.13. The van der Waals surface area contributed by atoms with E-state index in [1.54, 1.807) is 8.35 Å². The fraction of sp³-hybridized carbons (Fsp3) is 1.00. The van der Waals surface area contributed by atoms with E-state index in [4.69, 9.17) is 0 Å². The van der Waals surface area contributed by atoms with E-state index in [1.165, 1.54) is 32.6 Å². The molecule has 0 aromatic heterocycles. The Morgan fingerprint density at radius 3 is 2.53 bits per heavy atom. The number of nitrogens with zero attached hydrogens (tertiary/aromatic N) is 3. The van der Waals surface area contributed by atoms with Gasteiger partial charge in [-0.2, -0.15) is 0 Å². The fourth-order valence-corrected chi connectivity index (χ4v) is 10.9. The molecule has 1 rings (SSSR count). The molecular formula is C11H26InN3. The second-order valence-electron chi connectivity index (χ2n) is 5.17. The van der Waals surface area contributed by atoms with Gasteiger partial charge in [0.15, 0.2) is 0 Å². The van der Waals surface area contributed by atoms with Crippen LogP contribution < -0.4 is 0 Å². The molecule has 88 valence electrons. The zero-order valence-electron chi connectivity index (χ0n) is 10.9. The van der Waals surface area contributed by atoms with E-state index < -0.39 is 21.7 Å². The van der Waals surface area contributed by atoms with Crippen LogP contribution in [0.25, 0.3) is 0 Å². The van der Waals surface area contributed by atoms with Gasteiger partial charge in [0.1, 0.15) is 0 Å². The zero-order chi connectivity index (χ0) is 11.3. The number of rotatable bonds is 4. The predicted molar refractivity (Wildman–Crippen MR) is 68.7 cm³/mol. The molecule has 0 saturated carbocycles. The summed E-state index contributed by atoms with van der Waals surface area (Å²) >= 11 is -1.31. The molecule has 4 heteroatoms. The summed E-state index contributed by atoms with van der Waals surface area (Å²) in [5.74, 6) is 0. The van der Waals surface area contributed by atoms with E-state index >= 15 is 0 Å². The summed E-state index contributed by atoms with van der Waals surface area (Å²) in [5.41, 5.74) is 0. The standard InChI is InChI=1S/C6H14N2.C5H12N.In/c1-4-8(3)6-5-7-2;1-4-5-6(2)3;/h1,4-6H2,2-3H3;1,4-5H2,2-3H3;/q-1;;+1. The van der Waals surface area contributed by atoms with Crippen LogP contribution in [0.3, 0.4) is 0 Å². The molecule has 0 aromatic carbocycles. The van der Waals surface area contributed by atoms with Crippen molar-refractivity contribution in [3.63, 3.8) is 0 Å². The average molecular weight is 315 g/mol. The maximum atomic E-state index is 2.75. The Labute approximate surface area is 103 Å². The second kappa shape index (κ2) is 7.15. The predicted octanol–water partition coefficient (Wildman–Crippen LogP) is 0.807. The van der Waals surface area contributed by atoms with Crippen LogP contribution in [0.5, 0.6) is 0 Å². The Kier molecular flexibility index (Phi) is 6.58. The monoisotopic (exact) mass is 315 g/mol.